The Balaban J connectivity index is 2.02. The number of thioether (sulfide) groups is 1. The fraction of sp³-hybridized carbons (Fsp3) is 0.250. The van der Waals surface area contributed by atoms with Crippen LogP contribution < -0.4 is 5.73 Å². The first-order valence-corrected chi connectivity index (χ1v) is 7.36. The Morgan fingerprint density at radius 3 is 2.40 bits per heavy atom. The minimum atomic E-state index is -0.853. The standard InChI is InChI=1S/C16H17F2NS/c1-10-3-5-13(7-11(10)2)20-9-16(19)12-4-6-14(17)15(18)8-12/h3-8,16H,9,19H2,1-2H3. The van der Waals surface area contributed by atoms with Gasteiger partial charge in [-0.15, -0.1) is 11.8 Å². The summed E-state index contributed by atoms with van der Waals surface area (Å²) in [6.07, 6.45) is 0. The molecule has 0 heterocycles. The predicted molar refractivity (Wildman–Crippen MR) is 79.9 cm³/mol. The molecule has 0 bridgehead atoms. The third kappa shape index (κ3) is 3.58. The van der Waals surface area contributed by atoms with Crippen LogP contribution in [0.4, 0.5) is 8.78 Å². The quantitative estimate of drug-likeness (QED) is 0.847. The Hall–Kier alpha value is -1.39. The van der Waals surface area contributed by atoms with E-state index in [9.17, 15) is 8.78 Å². The van der Waals surface area contributed by atoms with Crippen LogP contribution in [0.3, 0.4) is 0 Å². The molecule has 0 aliphatic carbocycles. The summed E-state index contributed by atoms with van der Waals surface area (Å²) in [4.78, 5) is 1.13. The van der Waals surface area contributed by atoms with Crippen molar-refractivity contribution >= 4 is 11.8 Å². The van der Waals surface area contributed by atoms with Gasteiger partial charge in [0, 0.05) is 16.7 Å². The summed E-state index contributed by atoms with van der Waals surface area (Å²) in [6.45, 7) is 4.13. The fourth-order valence-electron chi connectivity index (χ4n) is 1.83. The van der Waals surface area contributed by atoms with Crippen molar-refractivity contribution in [3.8, 4) is 0 Å². The monoisotopic (exact) mass is 293 g/mol. The van der Waals surface area contributed by atoms with Gasteiger partial charge in [0.25, 0.3) is 0 Å². The van der Waals surface area contributed by atoms with E-state index in [4.69, 9.17) is 5.73 Å². The molecule has 0 radical (unpaired) electrons. The van der Waals surface area contributed by atoms with Gasteiger partial charge in [0.15, 0.2) is 11.6 Å². The van der Waals surface area contributed by atoms with Gasteiger partial charge >= 0.3 is 0 Å². The summed E-state index contributed by atoms with van der Waals surface area (Å²) in [5, 5.41) is 0. The van der Waals surface area contributed by atoms with Crippen molar-refractivity contribution in [2.24, 2.45) is 5.73 Å². The van der Waals surface area contributed by atoms with Crippen LogP contribution in [0, 0.1) is 25.5 Å². The molecule has 0 saturated carbocycles. The fourth-order valence-corrected chi connectivity index (χ4v) is 2.82. The van der Waals surface area contributed by atoms with Crippen LogP contribution in [0.2, 0.25) is 0 Å². The largest absolute Gasteiger partial charge is 0.323 e. The predicted octanol–water partition coefficient (Wildman–Crippen LogP) is 4.37. The van der Waals surface area contributed by atoms with E-state index >= 15 is 0 Å². The van der Waals surface area contributed by atoms with Gasteiger partial charge in [0.05, 0.1) is 0 Å². The molecule has 2 rings (SSSR count). The van der Waals surface area contributed by atoms with Crippen LogP contribution >= 0.6 is 11.8 Å². The number of aryl methyl sites for hydroxylation is 2. The Bertz CT molecular complexity index is 613. The van der Waals surface area contributed by atoms with Crippen molar-refractivity contribution in [3.63, 3.8) is 0 Å². The van der Waals surface area contributed by atoms with Gasteiger partial charge in [0.1, 0.15) is 0 Å². The molecule has 1 unspecified atom stereocenters. The molecule has 0 aliphatic rings. The smallest absolute Gasteiger partial charge is 0.159 e. The van der Waals surface area contributed by atoms with Gasteiger partial charge in [0.2, 0.25) is 0 Å². The Morgan fingerprint density at radius 2 is 1.75 bits per heavy atom. The van der Waals surface area contributed by atoms with Crippen molar-refractivity contribution < 1.29 is 8.78 Å². The minimum Gasteiger partial charge on any atom is -0.323 e. The zero-order valence-corrected chi connectivity index (χ0v) is 12.3. The van der Waals surface area contributed by atoms with Crippen LogP contribution in [-0.4, -0.2) is 5.75 Å². The zero-order chi connectivity index (χ0) is 14.7. The molecule has 0 aliphatic heterocycles. The topological polar surface area (TPSA) is 26.0 Å². The van der Waals surface area contributed by atoms with E-state index in [1.165, 1.54) is 23.3 Å². The van der Waals surface area contributed by atoms with Crippen LogP contribution in [0.1, 0.15) is 22.7 Å². The minimum absolute atomic E-state index is 0.322. The summed E-state index contributed by atoms with van der Waals surface area (Å²) < 4.78 is 26.0. The summed E-state index contributed by atoms with van der Waals surface area (Å²) in [5.41, 5.74) is 9.11. The Morgan fingerprint density at radius 1 is 1.00 bits per heavy atom. The Kier molecular flexibility index (Phi) is 4.78. The number of benzene rings is 2. The summed E-state index contributed by atoms with van der Waals surface area (Å²) >= 11 is 1.62. The van der Waals surface area contributed by atoms with Gasteiger partial charge in [-0.05, 0) is 54.8 Å². The molecular weight excluding hydrogens is 276 g/mol. The first-order valence-electron chi connectivity index (χ1n) is 6.38. The summed E-state index contributed by atoms with van der Waals surface area (Å²) in [7, 11) is 0. The highest BCUT2D eigenvalue weighted by Gasteiger charge is 2.10. The van der Waals surface area contributed by atoms with Crippen LogP contribution in [0.5, 0.6) is 0 Å². The third-order valence-electron chi connectivity index (χ3n) is 3.28. The van der Waals surface area contributed by atoms with E-state index in [2.05, 4.69) is 26.0 Å². The zero-order valence-electron chi connectivity index (χ0n) is 11.5. The van der Waals surface area contributed by atoms with Gasteiger partial charge in [-0.3, -0.25) is 0 Å². The van der Waals surface area contributed by atoms with E-state index < -0.39 is 11.6 Å². The molecule has 106 valence electrons. The van der Waals surface area contributed by atoms with Crippen LogP contribution in [-0.2, 0) is 0 Å². The molecule has 1 nitrogen and oxygen atoms in total. The maximum Gasteiger partial charge on any atom is 0.159 e. The second-order valence-corrected chi connectivity index (χ2v) is 5.93. The van der Waals surface area contributed by atoms with Crippen LogP contribution in [0.15, 0.2) is 41.3 Å². The third-order valence-corrected chi connectivity index (χ3v) is 4.39. The molecule has 0 aromatic heterocycles. The van der Waals surface area contributed by atoms with E-state index in [0.29, 0.717) is 11.3 Å². The van der Waals surface area contributed by atoms with E-state index in [0.717, 1.165) is 11.0 Å². The molecule has 2 aromatic carbocycles. The molecule has 20 heavy (non-hydrogen) atoms. The highest BCUT2D eigenvalue weighted by molar-refractivity contribution is 7.99. The number of halogens is 2. The molecule has 0 saturated heterocycles. The molecule has 4 heteroatoms. The second kappa shape index (κ2) is 6.37. The number of nitrogens with two attached hydrogens (primary N) is 1. The molecule has 0 fully saturated rings. The maximum absolute atomic E-state index is 13.2. The highest BCUT2D eigenvalue weighted by atomic mass is 32.2. The summed E-state index contributed by atoms with van der Waals surface area (Å²) in [5.74, 6) is -1.08. The molecule has 2 aromatic rings. The molecule has 1 atom stereocenters. The first-order chi connectivity index (χ1) is 9.47. The van der Waals surface area contributed by atoms with E-state index in [1.54, 1.807) is 11.8 Å². The Labute approximate surface area is 122 Å². The molecule has 0 amide bonds. The van der Waals surface area contributed by atoms with Crippen molar-refractivity contribution in [3.05, 3.63) is 64.7 Å². The van der Waals surface area contributed by atoms with Gasteiger partial charge in [-0.2, -0.15) is 0 Å². The number of hydrogen-bond donors (Lipinski definition) is 1. The van der Waals surface area contributed by atoms with E-state index in [1.807, 2.05) is 6.07 Å². The van der Waals surface area contributed by atoms with Crippen molar-refractivity contribution in [1.29, 1.82) is 0 Å². The SMILES string of the molecule is Cc1ccc(SCC(N)c2ccc(F)c(F)c2)cc1C. The second-order valence-electron chi connectivity index (χ2n) is 4.84. The van der Waals surface area contributed by atoms with Crippen molar-refractivity contribution in [1.82, 2.24) is 0 Å². The number of hydrogen-bond acceptors (Lipinski definition) is 2. The number of rotatable bonds is 4. The van der Waals surface area contributed by atoms with E-state index in [-0.39, 0.29) is 6.04 Å². The highest BCUT2D eigenvalue weighted by Crippen LogP contribution is 2.25. The first kappa shape index (κ1) is 15.0. The average Bonchev–Trinajstić information content (AvgIpc) is 2.43. The molecule has 0 spiro atoms. The normalized spacial score (nSPS) is 12.4. The van der Waals surface area contributed by atoms with Crippen LogP contribution in [0.25, 0.3) is 0 Å². The average molecular weight is 293 g/mol. The lowest BCUT2D eigenvalue weighted by molar-refractivity contribution is 0.506. The maximum atomic E-state index is 13.2. The molecule has 2 N–H and O–H groups in total. The summed E-state index contributed by atoms with van der Waals surface area (Å²) in [6, 6.07) is 9.72. The van der Waals surface area contributed by atoms with Gasteiger partial charge < -0.3 is 5.73 Å². The van der Waals surface area contributed by atoms with Gasteiger partial charge in [-0.25, -0.2) is 8.78 Å². The van der Waals surface area contributed by atoms with Gasteiger partial charge in [-0.1, -0.05) is 12.1 Å². The lowest BCUT2D eigenvalue weighted by Gasteiger charge is -2.12. The van der Waals surface area contributed by atoms with Crippen molar-refractivity contribution in [2.75, 3.05) is 5.75 Å². The molecular formula is C16H17F2NS. The lowest BCUT2D eigenvalue weighted by Crippen LogP contribution is -2.13. The van der Waals surface area contributed by atoms with Crippen molar-refractivity contribution in [2.45, 2.75) is 24.8 Å². The lowest BCUT2D eigenvalue weighted by atomic mass is 10.1.